The van der Waals surface area contributed by atoms with Crippen LogP contribution in [0.1, 0.15) is 13.8 Å². The number of anilines is 1. The van der Waals surface area contributed by atoms with Crippen molar-refractivity contribution in [1.29, 1.82) is 0 Å². The van der Waals surface area contributed by atoms with Crippen molar-refractivity contribution in [3.05, 3.63) is 28.3 Å². The number of hydrogen-bond acceptors (Lipinski definition) is 6. The van der Waals surface area contributed by atoms with Gasteiger partial charge >= 0.3 is 0 Å². The van der Waals surface area contributed by atoms with Gasteiger partial charge in [0, 0.05) is 18.7 Å². The minimum Gasteiger partial charge on any atom is -0.424 e. The van der Waals surface area contributed by atoms with Crippen molar-refractivity contribution in [2.75, 3.05) is 11.9 Å². The van der Waals surface area contributed by atoms with Crippen molar-refractivity contribution >= 4 is 28.7 Å². The lowest BCUT2D eigenvalue weighted by atomic mass is 10.3. The van der Waals surface area contributed by atoms with Crippen LogP contribution in [-0.2, 0) is 4.79 Å². The number of aromatic nitrogens is 1. The molecule has 0 aliphatic carbocycles. The number of benzene rings is 1. The van der Waals surface area contributed by atoms with Crippen LogP contribution < -0.4 is 10.6 Å². The Morgan fingerprint density at radius 1 is 1.55 bits per heavy atom. The van der Waals surface area contributed by atoms with E-state index in [4.69, 9.17) is 4.42 Å². The fourth-order valence-corrected chi connectivity index (χ4v) is 1.67. The summed E-state index contributed by atoms with van der Waals surface area (Å²) in [5.41, 5.74) is 0.722. The summed E-state index contributed by atoms with van der Waals surface area (Å²) < 4.78 is 5.38. The van der Waals surface area contributed by atoms with Crippen LogP contribution in [-0.4, -0.2) is 28.4 Å². The van der Waals surface area contributed by atoms with Crippen LogP contribution in [0.15, 0.2) is 22.6 Å². The number of non-ortho nitro benzene ring substituents is 1. The highest BCUT2D eigenvalue weighted by Gasteiger charge is 2.16. The summed E-state index contributed by atoms with van der Waals surface area (Å²) in [6.45, 7) is 4.02. The van der Waals surface area contributed by atoms with E-state index < -0.39 is 11.0 Å². The summed E-state index contributed by atoms with van der Waals surface area (Å²) in [6.07, 6.45) is 0. The first kappa shape index (κ1) is 13.8. The maximum Gasteiger partial charge on any atom is 0.296 e. The molecule has 0 saturated heterocycles. The van der Waals surface area contributed by atoms with Crippen LogP contribution in [0.4, 0.5) is 11.7 Å². The van der Waals surface area contributed by atoms with Crippen LogP contribution in [0, 0.1) is 10.1 Å². The van der Waals surface area contributed by atoms with E-state index in [1.807, 2.05) is 6.92 Å². The van der Waals surface area contributed by atoms with E-state index in [9.17, 15) is 14.9 Å². The van der Waals surface area contributed by atoms with Crippen LogP contribution >= 0.6 is 0 Å². The van der Waals surface area contributed by atoms with Gasteiger partial charge in [-0.1, -0.05) is 0 Å². The molecular weight excluding hydrogens is 264 g/mol. The second-order valence-electron chi connectivity index (χ2n) is 4.19. The Morgan fingerprint density at radius 2 is 2.30 bits per heavy atom. The molecule has 2 aromatic rings. The average molecular weight is 278 g/mol. The minimum atomic E-state index is -0.516. The molecule has 1 aromatic carbocycles. The molecule has 106 valence electrons. The first-order valence-corrected chi connectivity index (χ1v) is 6.10. The van der Waals surface area contributed by atoms with Crippen molar-refractivity contribution in [3.63, 3.8) is 0 Å². The zero-order valence-electron chi connectivity index (χ0n) is 11.0. The van der Waals surface area contributed by atoms with Gasteiger partial charge in [0.05, 0.1) is 4.92 Å². The van der Waals surface area contributed by atoms with Gasteiger partial charge in [-0.25, -0.2) is 0 Å². The lowest BCUT2D eigenvalue weighted by Gasteiger charge is -2.10. The predicted molar refractivity (Wildman–Crippen MR) is 72.4 cm³/mol. The normalized spacial score (nSPS) is 12.1. The SMILES string of the molecule is CCNC(=O)C(C)Nc1nc2cc([N+](=O)[O-])ccc2o1. The molecule has 2 rings (SSSR count). The van der Waals surface area contributed by atoms with Crippen LogP contribution in [0.2, 0.25) is 0 Å². The third kappa shape index (κ3) is 2.85. The second-order valence-corrected chi connectivity index (χ2v) is 4.19. The number of carbonyl (C=O) groups is 1. The molecule has 1 aromatic heterocycles. The van der Waals surface area contributed by atoms with Gasteiger partial charge in [-0.05, 0) is 19.9 Å². The van der Waals surface area contributed by atoms with Gasteiger partial charge in [-0.15, -0.1) is 0 Å². The van der Waals surface area contributed by atoms with Gasteiger partial charge < -0.3 is 15.1 Å². The molecule has 0 bridgehead atoms. The lowest BCUT2D eigenvalue weighted by Crippen LogP contribution is -2.37. The highest BCUT2D eigenvalue weighted by atomic mass is 16.6. The van der Waals surface area contributed by atoms with Crippen molar-refractivity contribution in [3.8, 4) is 0 Å². The molecule has 8 nitrogen and oxygen atoms in total. The summed E-state index contributed by atoms with van der Waals surface area (Å²) in [5.74, 6) is -0.180. The van der Waals surface area contributed by atoms with Crippen LogP contribution in [0.3, 0.4) is 0 Å². The fraction of sp³-hybridized carbons (Fsp3) is 0.333. The maximum absolute atomic E-state index is 11.6. The quantitative estimate of drug-likeness (QED) is 0.635. The van der Waals surface area contributed by atoms with Gasteiger partial charge in [0.15, 0.2) is 5.58 Å². The molecule has 1 unspecified atom stereocenters. The Bertz CT molecular complexity index is 652. The molecule has 1 amide bonds. The molecule has 1 heterocycles. The molecular formula is C12H14N4O4. The van der Waals surface area contributed by atoms with Crippen molar-refractivity contribution in [2.45, 2.75) is 19.9 Å². The molecule has 0 radical (unpaired) electrons. The number of nitrogens with zero attached hydrogens (tertiary/aromatic N) is 2. The Labute approximate surface area is 114 Å². The number of likely N-dealkylation sites (N-methyl/N-ethyl adjacent to an activating group) is 1. The molecule has 8 heteroatoms. The van der Waals surface area contributed by atoms with Crippen molar-refractivity contribution in [2.24, 2.45) is 0 Å². The zero-order valence-corrected chi connectivity index (χ0v) is 11.0. The van der Waals surface area contributed by atoms with Gasteiger partial charge in [0.1, 0.15) is 11.6 Å². The Balaban J connectivity index is 2.19. The van der Waals surface area contributed by atoms with E-state index in [0.29, 0.717) is 17.6 Å². The Kier molecular flexibility index (Phi) is 3.83. The predicted octanol–water partition coefficient (Wildman–Crippen LogP) is 1.67. The smallest absolute Gasteiger partial charge is 0.296 e. The van der Waals surface area contributed by atoms with E-state index in [0.717, 1.165) is 0 Å². The highest BCUT2D eigenvalue weighted by molar-refractivity contribution is 5.84. The van der Waals surface area contributed by atoms with Gasteiger partial charge in [0.25, 0.3) is 11.7 Å². The number of oxazole rings is 1. The summed E-state index contributed by atoms with van der Waals surface area (Å²) in [6, 6.07) is 3.77. The van der Waals surface area contributed by atoms with E-state index >= 15 is 0 Å². The second kappa shape index (κ2) is 5.55. The van der Waals surface area contributed by atoms with Crippen molar-refractivity contribution < 1.29 is 14.1 Å². The topological polar surface area (TPSA) is 110 Å². The van der Waals surface area contributed by atoms with Crippen LogP contribution in [0.25, 0.3) is 11.1 Å². The highest BCUT2D eigenvalue weighted by Crippen LogP contribution is 2.23. The largest absolute Gasteiger partial charge is 0.424 e. The summed E-state index contributed by atoms with van der Waals surface area (Å²) in [4.78, 5) is 25.8. The number of rotatable bonds is 5. The van der Waals surface area contributed by atoms with Gasteiger partial charge in [-0.3, -0.25) is 14.9 Å². The zero-order chi connectivity index (χ0) is 14.7. The third-order valence-corrected chi connectivity index (χ3v) is 2.67. The average Bonchev–Trinajstić information content (AvgIpc) is 2.79. The van der Waals surface area contributed by atoms with E-state index in [-0.39, 0.29) is 17.6 Å². The monoisotopic (exact) mass is 278 g/mol. The Morgan fingerprint density at radius 3 is 2.95 bits per heavy atom. The summed E-state index contributed by atoms with van der Waals surface area (Å²) in [5, 5.41) is 16.1. The lowest BCUT2D eigenvalue weighted by molar-refractivity contribution is -0.384. The molecule has 0 saturated carbocycles. The molecule has 20 heavy (non-hydrogen) atoms. The summed E-state index contributed by atoms with van der Waals surface area (Å²) >= 11 is 0. The number of fused-ring (bicyclic) bond motifs is 1. The first-order chi connectivity index (χ1) is 9.51. The first-order valence-electron chi connectivity index (χ1n) is 6.10. The minimum absolute atomic E-state index is 0.0610. The van der Waals surface area contributed by atoms with Gasteiger partial charge in [0.2, 0.25) is 5.91 Å². The van der Waals surface area contributed by atoms with Gasteiger partial charge in [-0.2, -0.15) is 4.98 Å². The van der Waals surface area contributed by atoms with E-state index in [2.05, 4.69) is 15.6 Å². The van der Waals surface area contributed by atoms with Crippen LogP contribution in [0.5, 0.6) is 0 Å². The number of nitrogens with one attached hydrogen (secondary N) is 2. The number of nitro groups is 1. The number of hydrogen-bond donors (Lipinski definition) is 2. The molecule has 0 aliphatic heterocycles. The molecule has 0 aliphatic rings. The molecule has 0 spiro atoms. The standard InChI is InChI=1S/C12H14N4O4/c1-3-13-11(17)7(2)14-12-15-9-6-8(16(18)19)4-5-10(9)20-12/h4-7H,3H2,1-2H3,(H,13,17)(H,14,15). The number of carbonyl (C=O) groups excluding carboxylic acids is 1. The molecule has 0 fully saturated rings. The Hall–Kier alpha value is -2.64. The summed E-state index contributed by atoms with van der Waals surface area (Å²) in [7, 11) is 0. The van der Waals surface area contributed by atoms with Crippen molar-refractivity contribution in [1.82, 2.24) is 10.3 Å². The maximum atomic E-state index is 11.6. The van der Waals surface area contributed by atoms with E-state index in [1.54, 1.807) is 6.92 Å². The number of nitro benzene ring substituents is 1. The molecule has 2 N–H and O–H groups in total. The molecule has 1 atom stereocenters. The van der Waals surface area contributed by atoms with E-state index in [1.165, 1.54) is 18.2 Å². The third-order valence-electron chi connectivity index (χ3n) is 2.67. The number of amides is 1. The fourth-order valence-electron chi connectivity index (χ4n) is 1.67.